The number of rotatable bonds is 19. The highest BCUT2D eigenvalue weighted by molar-refractivity contribution is 6.07. The van der Waals surface area contributed by atoms with E-state index < -0.39 is 35.4 Å². The van der Waals surface area contributed by atoms with Crippen LogP contribution in [0.25, 0.3) is 66.9 Å². The summed E-state index contributed by atoms with van der Waals surface area (Å²) in [5.41, 5.74) is 7.40. The van der Waals surface area contributed by atoms with Crippen molar-refractivity contribution >= 4 is 61.7 Å². The van der Waals surface area contributed by atoms with Crippen molar-refractivity contribution in [2.24, 2.45) is 0 Å². The highest BCUT2D eigenvalue weighted by Gasteiger charge is 2.43. The summed E-state index contributed by atoms with van der Waals surface area (Å²) < 4.78 is 67.7. The smallest absolute Gasteiger partial charge is 0.387 e. The number of hydrogen-bond donors (Lipinski definition) is 3. The molecule has 0 saturated heterocycles. The van der Waals surface area contributed by atoms with Crippen molar-refractivity contribution in [1.82, 2.24) is 59.7 Å². The second-order valence-electron chi connectivity index (χ2n) is 26.4. The van der Waals surface area contributed by atoms with E-state index in [2.05, 4.69) is 98.4 Å². The summed E-state index contributed by atoms with van der Waals surface area (Å²) in [7, 11) is 0. The number of hydrogen-bond acceptors (Lipinski definition) is 11. The van der Waals surface area contributed by atoms with Crippen LogP contribution in [0.2, 0.25) is 0 Å². The number of alkyl halides is 4. The van der Waals surface area contributed by atoms with Gasteiger partial charge in [0.2, 0.25) is 0 Å². The predicted octanol–water partition coefficient (Wildman–Crippen LogP) is 16.3. The molecule has 0 aliphatic heterocycles. The van der Waals surface area contributed by atoms with Crippen LogP contribution in [0.5, 0.6) is 11.5 Å². The van der Waals surface area contributed by atoms with Crippen molar-refractivity contribution in [3.05, 3.63) is 288 Å². The third-order valence-corrected chi connectivity index (χ3v) is 17.2. The maximum Gasteiger partial charge on any atom is 0.387 e. The first-order valence-corrected chi connectivity index (χ1v) is 32.7. The average Bonchev–Trinajstić information content (AvgIpc) is 1.65. The Morgan fingerprint density at radius 2 is 0.851 bits per heavy atom. The van der Waals surface area contributed by atoms with Gasteiger partial charge in [0, 0.05) is 47.2 Å². The first-order valence-electron chi connectivity index (χ1n) is 32.7. The molecule has 2 amide bonds. The minimum absolute atomic E-state index is 0.0102. The molecule has 0 aliphatic carbocycles. The standard InChI is InChI=1S/C42H38F2N6O3.C38H32F2N6O2/c1-27(51)22-23-50-35-21-20-31(53-40(43)44)24-32(35)36(48-50)34-25-45-38-37(46-34)33(39(52)47-41(2,3)4)26-49(38)42(28-14-8-5-9-15-28,29-16-10-6-11-17-29)30-18-12-7-13-19-30;1-37(2,3)43-35(47)29-23-46(38(24-13-7-4-8-14-24,25-15-9-5-10-16-25)26-17-11-6-12-18-26)34-33(29)42-31(22-41-34)32-28-21-27(48-36(39)40)19-20-30(28)44-45-32/h5-21,24-26,40H,22-23H2,1-4H3,(H,47,52);4-23,36H,1-3H3,(H,43,47)(H,44,45). The Kier molecular flexibility index (Phi) is 18.5. The van der Waals surface area contributed by atoms with Crippen molar-refractivity contribution < 1.29 is 41.4 Å². The average molecular weight is 1360 g/mol. The fourth-order valence-corrected chi connectivity index (χ4v) is 13.1. The van der Waals surface area contributed by atoms with Gasteiger partial charge in [0.25, 0.3) is 11.8 Å². The van der Waals surface area contributed by atoms with Crippen molar-refractivity contribution in [2.75, 3.05) is 0 Å². The summed E-state index contributed by atoms with van der Waals surface area (Å²) in [5.74, 6) is -0.753. The molecular weight excluding hydrogens is 1280 g/mol. The number of carbonyl (C=O) groups is 3. The summed E-state index contributed by atoms with van der Waals surface area (Å²) >= 11 is 0. The molecule has 0 aliphatic rings. The van der Waals surface area contributed by atoms with Gasteiger partial charge in [0.1, 0.15) is 62.2 Å². The quantitative estimate of drug-likeness (QED) is 0.0514. The summed E-state index contributed by atoms with van der Waals surface area (Å²) in [6.07, 6.45) is 7.01. The van der Waals surface area contributed by atoms with Crippen molar-refractivity contribution in [2.45, 2.75) is 96.8 Å². The zero-order valence-corrected chi connectivity index (χ0v) is 56.2. The van der Waals surface area contributed by atoms with E-state index in [9.17, 15) is 31.9 Å². The number of halogens is 4. The summed E-state index contributed by atoms with van der Waals surface area (Å²) in [6, 6.07) is 69.5. The molecule has 0 saturated carbocycles. The summed E-state index contributed by atoms with van der Waals surface area (Å²) in [5, 5.41) is 19.4. The number of H-pyrrole nitrogens is 1. The number of aromatic amines is 1. The fourth-order valence-electron chi connectivity index (χ4n) is 13.1. The van der Waals surface area contributed by atoms with E-state index >= 15 is 0 Å². The van der Waals surface area contributed by atoms with Crippen LogP contribution in [-0.4, -0.2) is 90.9 Å². The number of benzene rings is 8. The molecule has 17 nitrogen and oxygen atoms in total. The van der Waals surface area contributed by atoms with E-state index in [1.54, 1.807) is 35.4 Å². The number of Topliss-reactive ketones (excluding diaryl/α,β-unsaturated/α-hetero) is 1. The molecule has 101 heavy (non-hydrogen) atoms. The Hall–Kier alpha value is -12.1. The molecule has 14 aromatic rings. The number of aromatic nitrogens is 10. The van der Waals surface area contributed by atoms with Crippen LogP contribution in [-0.2, 0) is 22.4 Å². The molecule has 0 radical (unpaired) electrons. The minimum Gasteiger partial charge on any atom is -0.435 e. The van der Waals surface area contributed by atoms with E-state index in [0.717, 1.165) is 33.4 Å². The van der Waals surface area contributed by atoms with Crippen molar-refractivity contribution in [3.8, 4) is 34.3 Å². The van der Waals surface area contributed by atoms with Crippen molar-refractivity contribution in [1.29, 1.82) is 0 Å². The van der Waals surface area contributed by atoms with Gasteiger partial charge >= 0.3 is 13.2 Å². The third kappa shape index (κ3) is 13.4. The lowest BCUT2D eigenvalue weighted by Crippen LogP contribution is -2.40. The van der Waals surface area contributed by atoms with Gasteiger partial charge in [0.15, 0.2) is 11.3 Å². The van der Waals surface area contributed by atoms with E-state index in [4.69, 9.17) is 29.8 Å². The Morgan fingerprint density at radius 3 is 1.22 bits per heavy atom. The van der Waals surface area contributed by atoms with Gasteiger partial charge in [-0.1, -0.05) is 182 Å². The molecule has 14 rings (SSSR count). The molecule has 0 unspecified atom stereocenters. The fraction of sp³-hybridized carbons (Fsp3) is 0.188. The van der Waals surface area contributed by atoms with Crippen LogP contribution in [0.3, 0.4) is 0 Å². The SMILES string of the molecule is CC(=O)CCn1nc(-c2cnc3c(n2)c(C(=O)NC(C)(C)C)cn3C(c2ccccc2)(c2ccccc2)c2ccccc2)c2cc(OC(F)F)ccc21.CC(C)(C)NC(=O)c1cn(C(c2ccccc2)(c2ccccc2)c2ccccc2)c2ncc(-c3n[nH]c4ccc(OC(F)F)cc34)nc12. The molecule has 6 aromatic heterocycles. The molecule has 0 atom stereocenters. The monoisotopic (exact) mass is 1350 g/mol. The van der Waals surface area contributed by atoms with Gasteiger partial charge in [-0.3, -0.25) is 24.2 Å². The van der Waals surface area contributed by atoms with Crippen LogP contribution < -0.4 is 20.1 Å². The van der Waals surface area contributed by atoms with E-state index in [-0.39, 0.29) is 42.1 Å². The Bertz CT molecular complexity index is 5120. The highest BCUT2D eigenvalue weighted by Crippen LogP contribution is 2.46. The first-order chi connectivity index (χ1) is 48.6. The number of nitrogens with zero attached hydrogens (tertiary/aromatic N) is 9. The van der Waals surface area contributed by atoms with Crippen LogP contribution in [0.1, 0.15) is 109 Å². The molecule has 0 spiro atoms. The van der Waals surface area contributed by atoms with Crippen molar-refractivity contribution in [3.63, 3.8) is 0 Å². The number of ketones is 1. The predicted molar refractivity (Wildman–Crippen MR) is 381 cm³/mol. The van der Waals surface area contributed by atoms with Crippen LogP contribution in [0, 0.1) is 0 Å². The van der Waals surface area contributed by atoms with E-state index in [1.807, 2.05) is 166 Å². The minimum atomic E-state index is -3.03. The Labute approximate surface area is 578 Å². The van der Waals surface area contributed by atoms with Gasteiger partial charge in [-0.05, 0) is 118 Å². The summed E-state index contributed by atoms with van der Waals surface area (Å²) in [4.78, 5) is 60.4. The van der Waals surface area contributed by atoms with Gasteiger partial charge in [-0.15, -0.1) is 0 Å². The third-order valence-electron chi connectivity index (χ3n) is 17.2. The Balaban J connectivity index is 0.000000181. The number of fused-ring (bicyclic) bond motifs is 4. The van der Waals surface area contributed by atoms with Gasteiger partial charge in [0.05, 0.1) is 34.6 Å². The maximum absolute atomic E-state index is 14.3. The molecule has 21 heteroatoms. The molecule has 8 aromatic carbocycles. The molecule has 0 fully saturated rings. The van der Waals surface area contributed by atoms with Crippen LogP contribution >= 0.6 is 0 Å². The molecule has 0 bridgehead atoms. The van der Waals surface area contributed by atoms with Gasteiger partial charge in [-0.2, -0.15) is 27.8 Å². The zero-order valence-electron chi connectivity index (χ0n) is 56.2. The number of aryl methyl sites for hydroxylation is 1. The maximum atomic E-state index is 14.3. The topological polar surface area (TPSA) is 202 Å². The normalized spacial score (nSPS) is 12.1. The van der Waals surface area contributed by atoms with Gasteiger partial charge in [-0.25, -0.2) is 19.9 Å². The highest BCUT2D eigenvalue weighted by atomic mass is 19.3. The van der Waals surface area contributed by atoms with E-state index in [0.29, 0.717) is 78.0 Å². The largest absolute Gasteiger partial charge is 0.435 e. The first kappa shape index (κ1) is 67.4. The lowest BCUT2D eigenvalue weighted by atomic mass is 9.76. The van der Waals surface area contributed by atoms with Crippen LogP contribution in [0.15, 0.2) is 243 Å². The molecule has 3 N–H and O–H groups in total. The Morgan fingerprint density at radius 1 is 0.485 bits per heavy atom. The van der Waals surface area contributed by atoms with Crippen LogP contribution in [0.4, 0.5) is 17.6 Å². The van der Waals surface area contributed by atoms with Gasteiger partial charge < -0.3 is 29.2 Å². The second-order valence-corrected chi connectivity index (χ2v) is 26.4. The molecular formula is C80H70F4N12O5. The lowest BCUT2D eigenvalue weighted by Gasteiger charge is -2.38. The number of nitrogens with one attached hydrogen (secondary N) is 3. The zero-order chi connectivity index (χ0) is 70.8. The number of ether oxygens (including phenoxy) is 2. The molecule has 6 heterocycles. The lowest BCUT2D eigenvalue weighted by molar-refractivity contribution is -0.117. The summed E-state index contributed by atoms with van der Waals surface area (Å²) in [6.45, 7) is 7.22. The number of carbonyl (C=O) groups excluding carboxylic acids is 3. The van der Waals surface area contributed by atoms with E-state index in [1.165, 1.54) is 31.2 Å². The molecule has 508 valence electrons. The second kappa shape index (κ2) is 27.6. The number of amides is 2.